The van der Waals surface area contributed by atoms with Crippen LogP contribution in [-0.4, -0.2) is 0 Å². The van der Waals surface area contributed by atoms with Crippen LogP contribution in [0.5, 0.6) is 0 Å². The first-order valence-electron chi connectivity index (χ1n) is 3.07. The van der Waals surface area contributed by atoms with Gasteiger partial charge in [0.15, 0.2) is 0 Å². The third-order valence-corrected chi connectivity index (χ3v) is 1.29. The smallest absolute Gasteiger partial charge is 0.115 e. The van der Waals surface area contributed by atoms with Crippen LogP contribution < -0.4 is 0 Å². The molecule has 0 atom stereocenters. The van der Waals surface area contributed by atoms with Crippen molar-refractivity contribution >= 4 is 5.69 Å². The molecule has 0 aliphatic heterocycles. The minimum atomic E-state index is -0.602. The highest BCUT2D eigenvalue weighted by Gasteiger charge is 1.96. The minimum absolute atomic E-state index is 0.359. The zero-order valence-corrected chi connectivity index (χ0v) is 5.74. The number of halogens is 1. The average Bonchev–Trinajstić information content (AvgIpc) is 2.06. The van der Waals surface area contributed by atoms with Crippen LogP contribution in [0.1, 0.15) is 5.56 Å². The van der Waals surface area contributed by atoms with Crippen LogP contribution in [0.25, 0.3) is 10.4 Å². The second-order valence-electron chi connectivity index (χ2n) is 1.95. The van der Waals surface area contributed by atoms with Crippen molar-refractivity contribution in [3.05, 3.63) is 40.3 Å². The van der Waals surface area contributed by atoms with Gasteiger partial charge in [0.25, 0.3) is 0 Å². The van der Waals surface area contributed by atoms with E-state index in [2.05, 4.69) is 10.0 Å². The van der Waals surface area contributed by atoms with Gasteiger partial charge in [0.2, 0.25) is 0 Å². The maximum Gasteiger partial charge on any atom is 0.115 e. The van der Waals surface area contributed by atoms with E-state index in [1.807, 2.05) is 0 Å². The Hall–Kier alpha value is -1.54. The molecule has 56 valence electrons. The van der Waals surface area contributed by atoms with E-state index < -0.39 is 6.67 Å². The Morgan fingerprint density at radius 1 is 1.45 bits per heavy atom. The summed E-state index contributed by atoms with van der Waals surface area (Å²) in [7, 11) is 0. The fourth-order valence-corrected chi connectivity index (χ4v) is 0.770. The van der Waals surface area contributed by atoms with Crippen LogP contribution in [0.15, 0.2) is 29.4 Å². The topological polar surface area (TPSA) is 48.8 Å². The molecule has 0 aliphatic rings. The van der Waals surface area contributed by atoms with E-state index in [0.29, 0.717) is 11.3 Å². The number of azide groups is 1. The van der Waals surface area contributed by atoms with Crippen molar-refractivity contribution in [2.24, 2.45) is 5.11 Å². The first-order chi connectivity index (χ1) is 5.38. The molecular weight excluding hydrogens is 144 g/mol. The number of benzene rings is 1. The molecule has 1 aromatic carbocycles. The summed E-state index contributed by atoms with van der Waals surface area (Å²) in [6.45, 7) is -0.602. The molecule has 0 aliphatic carbocycles. The van der Waals surface area contributed by atoms with Gasteiger partial charge >= 0.3 is 0 Å². The van der Waals surface area contributed by atoms with Crippen LogP contribution in [0.4, 0.5) is 10.1 Å². The fraction of sp³-hybridized carbons (Fsp3) is 0.143. The van der Waals surface area contributed by atoms with Gasteiger partial charge in [-0.15, -0.1) is 0 Å². The Morgan fingerprint density at radius 2 is 2.18 bits per heavy atom. The SMILES string of the molecule is [N-]=[N+]=Nc1ccccc1C[18F]. The maximum absolute atomic E-state index is 12.1. The maximum atomic E-state index is 12.1. The first-order valence-corrected chi connectivity index (χ1v) is 3.07. The van der Waals surface area contributed by atoms with Gasteiger partial charge in [-0.3, -0.25) is 0 Å². The number of alkyl halides is 1. The molecule has 3 nitrogen and oxygen atoms in total. The lowest BCUT2D eigenvalue weighted by molar-refractivity contribution is 0.486. The highest BCUT2D eigenvalue weighted by atomic mass is 18.2. The lowest BCUT2D eigenvalue weighted by Crippen LogP contribution is -1.76. The van der Waals surface area contributed by atoms with Crippen LogP contribution in [0.3, 0.4) is 0 Å². The van der Waals surface area contributed by atoms with E-state index in [1.54, 1.807) is 24.3 Å². The van der Waals surface area contributed by atoms with Gasteiger partial charge < -0.3 is 0 Å². The summed E-state index contributed by atoms with van der Waals surface area (Å²) in [5.41, 5.74) is 8.86. The lowest BCUT2D eigenvalue weighted by Gasteiger charge is -1.96. The number of nitrogens with zero attached hydrogens (tertiary/aromatic N) is 3. The average molecular weight is 150 g/mol. The van der Waals surface area contributed by atoms with Gasteiger partial charge in [-0.05, 0) is 11.1 Å². The van der Waals surface area contributed by atoms with E-state index in [9.17, 15) is 4.39 Å². The minimum Gasteiger partial charge on any atom is -0.246 e. The van der Waals surface area contributed by atoms with Gasteiger partial charge in [0, 0.05) is 10.6 Å². The molecule has 4 heteroatoms. The molecule has 0 fully saturated rings. The molecule has 0 saturated heterocycles. The van der Waals surface area contributed by atoms with Crippen molar-refractivity contribution < 1.29 is 4.39 Å². The van der Waals surface area contributed by atoms with Crippen molar-refractivity contribution in [1.82, 2.24) is 0 Å². The van der Waals surface area contributed by atoms with Crippen molar-refractivity contribution in [1.29, 1.82) is 0 Å². The molecule has 11 heavy (non-hydrogen) atoms. The molecule has 0 spiro atoms. The van der Waals surface area contributed by atoms with Crippen LogP contribution in [0, 0.1) is 0 Å². The molecule has 0 aromatic heterocycles. The summed E-state index contributed by atoms with van der Waals surface area (Å²) in [4.78, 5) is 2.57. The third kappa shape index (κ3) is 1.69. The number of rotatable bonds is 2. The largest absolute Gasteiger partial charge is 0.246 e. The van der Waals surface area contributed by atoms with Gasteiger partial charge in [-0.2, -0.15) is 0 Å². The molecule has 0 bridgehead atoms. The Labute approximate surface area is 63.1 Å². The zero-order valence-electron chi connectivity index (χ0n) is 5.74. The quantitative estimate of drug-likeness (QED) is 0.353. The number of hydrogen-bond acceptors (Lipinski definition) is 1. The summed E-state index contributed by atoms with van der Waals surface area (Å²) >= 11 is 0. The number of hydrogen-bond donors (Lipinski definition) is 0. The monoisotopic (exact) mass is 150 g/mol. The highest BCUT2D eigenvalue weighted by molar-refractivity contribution is 5.44. The molecule has 0 N–H and O–H groups in total. The van der Waals surface area contributed by atoms with Crippen LogP contribution in [-0.2, 0) is 6.67 Å². The summed E-state index contributed by atoms with van der Waals surface area (Å²) in [6.07, 6.45) is 0. The Bertz CT molecular complexity index is 291. The van der Waals surface area contributed by atoms with Crippen molar-refractivity contribution in [2.45, 2.75) is 6.67 Å². The van der Waals surface area contributed by atoms with Crippen LogP contribution in [0.2, 0.25) is 0 Å². The predicted molar refractivity (Wildman–Crippen MR) is 40.1 cm³/mol. The third-order valence-electron chi connectivity index (χ3n) is 1.29. The molecule has 0 unspecified atom stereocenters. The van der Waals surface area contributed by atoms with Gasteiger partial charge in [-0.25, -0.2) is 4.39 Å². The summed E-state index contributed by atoms with van der Waals surface area (Å²) in [6, 6.07) is 6.56. The van der Waals surface area contributed by atoms with E-state index in [4.69, 9.17) is 5.53 Å². The van der Waals surface area contributed by atoms with E-state index >= 15 is 0 Å². The first kappa shape index (κ1) is 7.57. The van der Waals surface area contributed by atoms with Gasteiger partial charge in [-0.1, -0.05) is 29.4 Å². The molecule has 0 amide bonds. The van der Waals surface area contributed by atoms with E-state index in [0.717, 1.165) is 0 Å². The van der Waals surface area contributed by atoms with Crippen molar-refractivity contribution in [2.75, 3.05) is 0 Å². The van der Waals surface area contributed by atoms with Gasteiger partial charge in [0.1, 0.15) is 6.67 Å². The van der Waals surface area contributed by atoms with E-state index in [1.165, 1.54) is 0 Å². The molecule has 1 aromatic rings. The molecule has 0 saturated carbocycles. The second-order valence-corrected chi connectivity index (χ2v) is 1.95. The van der Waals surface area contributed by atoms with Crippen LogP contribution >= 0.6 is 0 Å². The normalized spacial score (nSPS) is 8.82. The Morgan fingerprint density at radius 3 is 2.82 bits per heavy atom. The van der Waals surface area contributed by atoms with E-state index in [-0.39, 0.29) is 0 Å². The van der Waals surface area contributed by atoms with Crippen molar-refractivity contribution in [3.63, 3.8) is 0 Å². The molecule has 0 radical (unpaired) electrons. The molecule has 0 heterocycles. The summed E-state index contributed by atoms with van der Waals surface area (Å²) < 4.78 is 12.1. The predicted octanol–water partition coefficient (Wildman–Crippen LogP) is 3.10. The summed E-state index contributed by atoms with van der Waals surface area (Å²) in [5, 5.41) is 3.32. The van der Waals surface area contributed by atoms with Crippen molar-refractivity contribution in [3.8, 4) is 0 Å². The molecule has 1 rings (SSSR count). The highest BCUT2D eigenvalue weighted by Crippen LogP contribution is 2.19. The molecular formula is C7H6FN3. The Balaban J connectivity index is 3.11. The zero-order chi connectivity index (χ0) is 8.10. The summed E-state index contributed by atoms with van der Waals surface area (Å²) in [5.74, 6) is 0. The standard InChI is InChI=1S/C7H6FN3/c8-5-6-3-1-2-4-7(6)10-11-9/h1-4H,5H2/i8-1. The Kier molecular flexibility index (Phi) is 2.47. The fourth-order valence-electron chi connectivity index (χ4n) is 0.770. The second kappa shape index (κ2) is 3.58. The lowest BCUT2D eigenvalue weighted by atomic mass is 10.2. The van der Waals surface area contributed by atoms with Gasteiger partial charge in [0.05, 0.1) is 0 Å².